The van der Waals surface area contributed by atoms with Gasteiger partial charge >= 0.3 is 0 Å². The van der Waals surface area contributed by atoms with Gasteiger partial charge in [0.2, 0.25) is 0 Å². The van der Waals surface area contributed by atoms with E-state index < -0.39 is 0 Å². The Balaban J connectivity index is 2.74. The summed E-state index contributed by atoms with van der Waals surface area (Å²) in [4.78, 5) is 4.18. The smallest absolute Gasteiger partial charge is 0.124 e. The second-order valence-corrected chi connectivity index (χ2v) is 3.08. The molecule has 1 aliphatic rings. The summed E-state index contributed by atoms with van der Waals surface area (Å²) in [5.41, 5.74) is 0. The first-order valence-corrected chi connectivity index (χ1v) is 4.07. The van der Waals surface area contributed by atoms with Crippen molar-refractivity contribution in [2.75, 3.05) is 0 Å². The Hall–Kier alpha value is -1.13. The monoisotopic (exact) mass is 165 g/mol. The Labute approximate surface area is 67.7 Å². The van der Waals surface area contributed by atoms with E-state index in [1.54, 1.807) is 23.7 Å². The van der Waals surface area contributed by atoms with E-state index in [9.17, 15) is 0 Å². The fourth-order valence-electron chi connectivity index (χ4n) is 0.896. The molecule has 2 heterocycles. The fourth-order valence-corrected chi connectivity index (χ4v) is 1.62. The minimum absolute atomic E-state index is 1.01. The average molecular weight is 165 g/mol. The number of hydrogen-bond acceptors (Lipinski definition) is 4. The Morgan fingerprint density at radius 1 is 1.55 bits per heavy atom. The molecule has 0 fully saturated rings. The molecule has 0 unspecified atom stereocenters. The fraction of sp³-hybridized carbons (Fsp3) is 0. The van der Waals surface area contributed by atoms with Crippen LogP contribution in [0.4, 0.5) is 0 Å². The van der Waals surface area contributed by atoms with Crippen LogP contribution in [0.5, 0.6) is 0 Å². The van der Waals surface area contributed by atoms with Crippen LogP contribution in [0.2, 0.25) is 0 Å². The van der Waals surface area contributed by atoms with Gasteiger partial charge in [0.15, 0.2) is 0 Å². The van der Waals surface area contributed by atoms with Crippen LogP contribution in [0.15, 0.2) is 28.8 Å². The zero-order valence-electron chi connectivity index (χ0n) is 5.77. The van der Waals surface area contributed by atoms with Gasteiger partial charge in [-0.15, -0.1) is 11.3 Å². The van der Waals surface area contributed by atoms with Crippen LogP contribution in [0, 0.1) is 0 Å². The first-order valence-electron chi connectivity index (χ1n) is 3.19. The van der Waals surface area contributed by atoms with Crippen molar-refractivity contribution >= 4 is 17.5 Å². The first-order chi connectivity index (χ1) is 5.36. The summed E-state index contributed by atoms with van der Waals surface area (Å²) in [6.45, 7) is 0. The molecule has 56 valence electrons. The number of fused-ring (bicyclic) bond motifs is 1. The molecule has 0 bridgehead atoms. The molecule has 3 nitrogen and oxygen atoms in total. The van der Waals surface area contributed by atoms with Gasteiger partial charge < -0.3 is 0 Å². The van der Waals surface area contributed by atoms with Gasteiger partial charge in [-0.2, -0.15) is 0 Å². The van der Waals surface area contributed by atoms with Gasteiger partial charge in [0.25, 0.3) is 0 Å². The summed E-state index contributed by atoms with van der Waals surface area (Å²) in [5, 5.41) is 4.57. The van der Waals surface area contributed by atoms with Crippen LogP contribution in [-0.4, -0.2) is 5.01 Å². The number of nitrogens with zero attached hydrogens (tertiary/aromatic N) is 2. The van der Waals surface area contributed by atoms with Crippen LogP contribution in [0.25, 0.3) is 6.20 Å². The van der Waals surface area contributed by atoms with Crippen molar-refractivity contribution in [1.29, 1.82) is 0 Å². The standard InChI is InChI=1S/C7H7N3S/c8-10-3-2-9-7-6(5-10)1-4-11-7/h1-5H,8H2. The average Bonchev–Trinajstić information content (AvgIpc) is 2.31. The topological polar surface area (TPSA) is 41.6 Å². The van der Waals surface area contributed by atoms with E-state index in [-0.39, 0.29) is 0 Å². The molecule has 2 rings (SSSR count). The minimum Gasteiger partial charge on any atom is -0.292 e. The van der Waals surface area contributed by atoms with Crippen molar-refractivity contribution in [2.24, 2.45) is 10.8 Å². The molecule has 0 aromatic carbocycles. The lowest BCUT2D eigenvalue weighted by molar-refractivity contribution is 0.588. The van der Waals surface area contributed by atoms with Crippen molar-refractivity contribution in [3.63, 3.8) is 0 Å². The summed E-state index contributed by atoms with van der Waals surface area (Å²) in [7, 11) is 0. The van der Waals surface area contributed by atoms with Crippen LogP contribution < -0.4 is 15.7 Å². The van der Waals surface area contributed by atoms with E-state index in [0.29, 0.717) is 0 Å². The molecule has 1 aromatic heterocycles. The van der Waals surface area contributed by atoms with E-state index in [0.717, 1.165) is 9.89 Å². The Morgan fingerprint density at radius 3 is 3.36 bits per heavy atom. The molecule has 0 aliphatic carbocycles. The molecule has 4 heteroatoms. The Kier molecular flexibility index (Phi) is 1.48. The van der Waals surface area contributed by atoms with Crippen LogP contribution in [-0.2, 0) is 0 Å². The largest absolute Gasteiger partial charge is 0.292 e. The second-order valence-electron chi connectivity index (χ2n) is 2.18. The summed E-state index contributed by atoms with van der Waals surface area (Å²) in [5.74, 6) is 5.54. The Bertz CT molecular complexity index is 390. The quantitative estimate of drug-likeness (QED) is 0.539. The summed E-state index contributed by atoms with van der Waals surface area (Å²) in [6, 6.07) is 2.00. The van der Waals surface area contributed by atoms with Gasteiger partial charge in [-0.05, 0) is 11.4 Å². The number of hydrogen-bond donors (Lipinski definition) is 1. The lowest BCUT2D eigenvalue weighted by Gasteiger charge is -2.02. The van der Waals surface area contributed by atoms with Crippen molar-refractivity contribution < 1.29 is 0 Å². The number of rotatable bonds is 0. The van der Waals surface area contributed by atoms with Crippen LogP contribution in [0.1, 0.15) is 0 Å². The van der Waals surface area contributed by atoms with Gasteiger partial charge in [-0.1, -0.05) is 0 Å². The Morgan fingerprint density at radius 2 is 2.45 bits per heavy atom. The maximum absolute atomic E-state index is 5.54. The highest BCUT2D eigenvalue weighted by Crippen LogP contribution is 1.88. The lowest BCUT2D eigenvalue weighted by Crippen LogP contribution is -2.24. The van der Waals surface area contributed by atoms with Gasteiger partial charge in [0.1, 0.15) is 4.67 Å². The molecule has 1 aliphatic heterocycles. The normalized spacial score (nSPS) is 14.8. The molecular formula is C7H7N3S. The van der Waals surface area contributed by atoms with Gasteiger partial charge in [-0.3, -0.25) is 5.01 Å². The van der Waals surface area contributed by atoms with E-state index in [1.165, 1.54) is 5.01 Å². The third-order valence-electron chi connectivity index (χ3n) is 1.39. The van der Waals surface area contributed by atoms with Crippen molar-refractivity contribution in [3.8, 4) is 0 Å². The summed E-state index contributed by atoms with van der Waals surface area (Å²) >= 11 is 1.61. The highest BCUT2D eigenvalue weighted by molar-refractivity contribution is 7.07. The molecule has 11 heavy (non-hydrogen) atoms. The zero-order chi connectivity index (χ0) is 7.68. The molecule has 0 radical (unpaired) electrons. The molecule has 0 saturated heterocycles. The third-order valence-corrected chi connectivity index (χ3v) is 2.23. The molecule has 1 aromatic rings. The lowest BCUT2D eigenvalue weighted by atomic mass is 10.5. The van der Waals surface area contributed by atoms with Gasteiger partial charge in [0, 0.05) is 23.8 Å². The maximum atomic E-state index is 5.54. The van der Waals surface area contributed by atoms with E-state index in [4.69, 9.17) is 5.84 Å². The first kappa shape index (κ1) is 6.57. The SMILES string of the molecule is NN1C=CN=c2sccc2=C1. The molecule has 0 atom stereocenters. The minimum atomic E-state index is 1.01. The third kappa shape index (κ3) is 1.18. The number of nitrogens with two attached hydrogens (primary N) is 1. The van der Waals surface area contributed by atoms with Crippen molar-refractivity contribution in [3.05, 3.63) is 33.7 Å². The maximum Gasteiger partial charge on any atom is 0.124 e. The van der Waals surface area contributed by atoms with Crippen LogP contribution >= 0.6 is 11.3 Å². The van der Waals surface area contributed by atoms with Crippen LogP contribution in [0.3, 0.4) is 0 Å². The van der Waals surface area contributed by atoms with Crippen molar-refractivity contribution in [2.45, 2.75) is 0 Å². The van der Waals surface area contributed by atoms with E-state index >= 15 is 0 Å². The highest BCUT2D eigenvalue weighted by atomic mass is 32.1. The predicted octanol–water partition coefficient (Wildman–Crippen LogP) is -0.234. The van der Waals surface area contributed by atoms with Crippen molar-refractivity contribution in [1.82, 2.24) is 5.01 Å². The summed E-state index contributed by atoms with van der Waals surface area (Å²) in [6.07, 6.45) is 5.25. The number of hydrazine groups is 1. The van der Waals surface area contributed by atoms with Gasteiger partial charge in [-0.25, -0.2) is 10.8 Å². The predicted molar refractivity (Wildman–Crippen MR) is 44.7 cm³/mol. The molecule has 0 spiro atoms. The zero-order valence-corrected chi connectivity index (χ0v) is 6.58. The van der Waals surface area contributed by atoms with Gasteiger partial charge in [0.05, 0.1) is 0 Å². The second kappa shape index (κ2) is 2.48. The number of thiophene rings is 1. The molecular weight excluding hydrogens is 158 g/mol. The molecule has 2 N–H and O–H groups in total. The molecule has 0 amide bonds. The molecule has 0 saturated carbocycles. The highest BCUT2D eigenvalue weighted by Gasteiger charge is 1.92. The van der Waals surface area contributed by atoms with E-state index in [2.05, 4.69) is 4.99 Å². The van der Waals surface area contributed by atoms with E-state index in [1.807, 2.05) is 17.6 Å². The summed E-state index contributed by atoms with van der Waals surface area (Å²) < 4.78 is 1.01.